The van der Waals surface area contributed by atoms with Crippen LogP contribution in [0.1, 0.15) is 40.0 Å². The van der Waals surface area contributed by atoms with Crippen LogP contribution in [0.25, 0.3) is 0 Å². The molecule has 4 nitrogen and oxygen atoms in total. The molecule has 1 saturated heterocycles. The van der Waals surface area contributed by atoms with Gasteiger partial charge in [-0.25, -0.2) is 0 Å². The van der Waals surface area contributed by atoms with Crippen LogP contribution in [0.15, 0.2) is 36.1 Å². The maximum atomic E-state index is 12.0. The molecule has 2 heterocycles. The van der Waals surface area contributed by atoms with Crippen LogP contribution in [-0.4, -0.2) is 24.0 Å². The third-order valence-electron chi connectivity index (χ3n) is 3.10. The van der Waals surface area contributed by atoms with Crippen molar-refractivity contribution in [2.24, 2.45) is 0 Å². The van der Waals surface area contributed by atoms with Crippen LogP contribution in [0.4, 0.5) is 0 Å². The summed E-state index contributed by atoms with van der Waals surface area (Å²) in [5.74, 6) is -0.263. The summed E-state index contributed by atoms with van der Waals surface area (Å²) in [6.07, 6.45) is 7.10. The van der Waals surface area contributed by atoms with Crippen molar-refractivity contribution in [1.29, 1.82) is 0 Å². The Hall–Kier alpha value is -1.39. The van der Waals surface area contributed by atoms with Gasteiger partial charge in [0.1, 0.15) is 6.10 Å². The third-order valence-corrected chi connectivity index (χ3v) is 3.10. The summed E-state index contributed by atoms with van der Waals surface area (Å²) in [4.78, 5) is 12.0. The number of Topliss-reactive ketones (excluding diaryl/α,β-unsaturated/α-hetero) is 1. The number of carbonyl (C=O) groups excluding carboxylic acids is 1. The van der Waals surface area contributed by atoms with Gasteiger partial charge in [0.25, 0.3) is 0 Å². The molecular weight excluding hydrogens is 256 g/mol. The molecule has 0 unspecified atom stereocenters. The number of fused-ring (bicyclic) bond motifs is 1. The fourth-order valence-corrected chi connectivity index (χ4v) is 2.22. The molecule has 2 rings (SSSR count). The quantitative estimate of drug-likeness (QED) is 0.552. The maximum absolute atomic E-state index is 12.0. The van der Waals surface area contributed by atoms with E-state index >= 15 is 0 Å². The summed E-state index contributed by atoms with van der Waals surface area (Å²) in [6, 6.07) is 0. The molecule has 0 spiro atoms. The fourth-order valence-electron chi connectivity index (χ4n) is 2.22. The zero-order valence-corrected chi connectivity index (χ0v) is 12.3. The summed E-state index contributed by atoms with van der Waals surface area (Å²) in [5.41, 5.74) is 1.02. The third kappa shape index (κ3) is 3.81. The van der Waals surface area contributed by atoms with E-state index in [4.69, 9.17) is 14.2 Å². The largest absolute Gasteiger partial charge is 0.458 e. The van der Waals surface area contributed by atoms with Crippen molar-refractivity contribution in [2.75, 3.05) is 0 Å². The minimum Gasteiger partial charge on any atom is -0.458 e. The second-order valence-electron chi connectivity index (χ2n) is 5.68. The van der Waals surface area contributed by atoms with Gasteiger partial charge in [0.2, 0.25) is 6.29 Å². The first-order chi connectivity index (χ1) is 9.37. The lowest BCUT2D eigenvalue weighted by molar-refractivity contribution is -0.182. The van der Waals surface area contributed by atoms with Crippen LogP contribution in [0, 0.1) is 0 Å². The highest BCUT2D eigenvalue weighted by Gasteiger charge is 2.46. The van der Waals surface area contributed by atoms with Crippen molar-refractivity contribution in [3.05, 3.63) is 36.1 Å². The van der Waals surface area contributed by atoms with Crippen LogP contribution in [-0.2, 0) is 19.0 Å². The van der Waals surface area contributed by atoms with Crippen LogP contribution < -0.4 is 0 Å². The summed E-state index contributed by atoms with van der Waals surface area (Å²) in [7, 11) is 0. The Labute approximate surface area is 120 Å². The van der Waals surface area contributed by atoms with Gasteiger partial charge in [-0.2, -0.15) is 0 Å². The fraction of sp³-hybridized carbons (Fsp3) is 0.562. The molecule has 110 valence electrons. The Morgan fingerprint density at radius 2 is 2.20 bits per heavy atom. The molecular formula is C16H22O4. The summed E-state index contributed by atoms with van der Waals surface area (Å²) < 4.78 is 16.7. The van der Waals surface area contributed by atoms with E-state index in [0.29, 0.717) is 12.2 Å². The van der Waals surface area contributed by atoms with E-state index in [-0.39, 0.29) is 11.9 Å². The topological polar surface area (TPSA) is 44.8 Å². The highest BCUT2D eigenvalue weighted by molar-refractivity contribution is 5.93. The van der Waals surface area contributed by atoms with Gasteiger partial charge in [-0.05, 0) is 39.7 Å². The highest BCUT2D eigenvalue weighted by Crippen LogP contribution is 2.35. The minimum atomic E-state index is -0.645. The molecule has 0 saturated carbocycles. The minimum absolute atomic E-state index is 0.00753. The number of ketones is 1. The summed E-state index contributed by atoms with van der Waals surface area (Å²) in [5, 5.41) is 0. The smallest absolute Gasteiger partial charge is 0.232 e. The molecule has 0 aromatic rings. The zero-order chi connectivity index (χ0) is 14.8. The lowest BCUT2D eigenvalue weighted by Gasteiger charge is -2.17. The van der Waals surface area contributed by atoms with Gasteiger partial charge in [-0.15, -0.1) is 0 Å². The number of allylic oxidation sites excluding steroid dienone is 4. The van der Waals surface area contributed by atoms with Gasteiger partial charge >= 0.3 is 0 Å². The second kappa shape index (κ2) is 5.94. The zero-order valence-electron chi connectivity index (χ0n) is 12.3. The number of hydrogen-bond donors (Lipinski definition) is 0. The Kier molecular flexibility index (Phi) is 4.45. The summed E-state index contributed by atoms with van der Waals surface area (Å²) in [6.45, 7) is 9.39. The number of hydrogen-bond acceptors (Lipinski definition) is 4. The van der Waals surface area contributed by atoms with E-state index in [1.165, 1.54) is 0 Å². The van der Waals surface area contributed by atoms with E-state index < -0.39 is 12.1 Å². The van der Waals surface area contributed by atoms with Gasteiger partial charge in [0.05, 0.1) is 0 Å². The van der Waals surface area contributed by atoms with Crippen molar-refractivity contribution >= 4 is 5.78 Å². The number of unbranched alkanes of at least 4 members (excludes halogenated alkanes) is 1. The second-order valence-corrected chi connectivity index (χ2v) is 5.68. The average Bonchev–Trinajstić information content (AvgIpc) is 2.81. The maximum Gasteiger partial charge on any atom is 0.232 e. The van der Waals surface area contributed by atoms with Gasteiger partial charge in [0.15, 0.2) is 17.3 Å². The van der Waals surface area contributed by atoms with Gasteiger partial charge in [-0.1, -0.05) is 24.3 Å². The van der Waals surface area contributed by atoms with E-state index in [0.717, 1.165) is 18.4 Å². The Bertz CT molecular complexity index is 459. The van der Waals surface area contributed by atoms with Crippen LogP contribution in [0.5, 0.6) is 0 Å². The predicted molar refractivity (Wildman–Crippen MR) is 75.8 cm³/mol. The molecule has 2 atom stereocenters. The molecule has 0 aromatic carbocycles. The van der Waals surface area contributed by atoms with Crippen molar-refractivity contribution in [3.8, 4) is 0 Å². The van der Waals surface area contributed by atoms with E-state index in [1.807, 2.05) is 32.9 Å². The Morgan fingerprint density at radius 1 is 1.45 bits per heavy atom. The first-order valence-electron chi connectivity index (χ1n) is 6.97. The number of ether oxygens (including phenoxy) is 3. The van der Waals surface area contributed by atoms with Gasteiger partial charge in [-0.3, -0.25) is 4.79 Å². The molecule has 0 aromatic heterocycles. The molecule has 0 amide bonds. The molecule has 2 aliphatic heterocycles. The SMILES string of the molecule is C=C(C)/C=C/CCCC(=O)C1=C[C@H]2OC(C)(C)O[C@H]2O1. The Balaban J connectivity index is 1.76. The number of rotatable bonds is 6. The van der Waals surface area contributed by atoms with Crippen LogP contribution in [0.3, 0.4) is 0 Å². The first kappa shape index (κ1) is 15.0. The Morgan fingerprint density at radius 3 is 2.85 bits per heavy atom. The molecule has 0 N–H and O–H groups in total. The first-order valence-corrected chi connectivity index (χ1v) is 6.97. The van der Waals surface area contributed by atoms with Crippen molar-refractivity contribution < 1.29 is 19.0 Å². The molecule has 0 aliphatic carbocycles. The molecule has 0 radical (unpaired) electrons. The molecule has 1 fully saturated rings. The average molecular weight is 278 g/mol. The molecule has 4 heteroatoms. The normalized spacial score (nSPS) is 27.2. The van der Waals surface area contributed by atoms with E-state index in [9.17, 15) is 4.79 Å². The van der Waals surface area contributed by atoms with Gasteiger partial charge in [0, 0.05) is 6.42 Å². The van der Waals surface area contributed by atoms with Crippen molar-refractivity contribution in [2.45, 2.75) is 58.2 Å². The van der Waals surface area contributed by atoms with Gasteiger partial charge < -0.3 is 14.2 Å². The van der Waals surface area contributed by atoms with Crippen molar-refractivity contribution in [3.63, 3.8) is 0 Å². The molecule has 20 heavy (non-hydrogen) atoms. The lowest BCUT2D eigenvalue weighted by atomic mass is 10.1. The monoisotopic (exact) mass is 278 g/mol. The predicted octanol–water partition coefficient (Wildman–Crippen LogP) is 3.25. The van der Waals surface area contributed by atoms with Crippen LogP contribution >= 0.6 is 0 Å². The van der Waals surface area contributed by atoms with Crippen LogP contribution in [0.2, 0.25) is 0 Å². The molecule has 0 bridgehead atoms. The lowest BCUT2D eigenvalue weighted by Crippen LogP contribution is -2.23. The highest BCUT2D eigenvalue weighted by atomic mass is 16.8. The van der Waals surface area contributed by atoms with E-state index in [2.05, 4.69) is 6.58 Å². The van der Waals surface area contributed by atoms with Crippen molar-refractivity contribution in [1.82, 2.24) is 0 Å². The summed E-state index contributed by atoms with van der Waals surface area (Å²) >= 11 is 0. The standard InChI is InChI=1S/C16H22O4/c1-11(2)8-6-5-7-9-12(17)13-10-14-15(18-13)20-16(3,4)19-14/h6,8,10,14-15H,1,5,7,9H2,2-4H3/b8-6+/t14-,15-/m1/s1. The molecule has 2 aliphatic rings. The van der Waals surface area contributed by atoms with E-state index in [1.54, 1.807) is 6.08 Å². The number of carbonyl (C=O) groups is 1.